The molecule has 0 aromatic carbocycles. The Morgan fingerprint density at radius 3 is 2.76 bits per heavy atom. The van der Waals surface area contributed by atoms with Gasteiger partial charge in [0.05, 0.1) is 5.69 Å². The zero-order valence-corrected chi connectivity index (χ0v) is 16.5. The fourth-order valence-corrected chi connectivity index (χ4v) is 3.45. The van der Waals surface area contributed by atoms with Crippen molar-refractivity contribution in [2.45, 2.75) is 25.5 Å². The number of hydrogen-bond acceptors (Lipinski definition) is 5. The van der Waals surface area contributed by atoms with Crippen molar-refractivity contribution in [3.05, 3.63) is 59.2 Å². The van der Waals surface area contributed by atoms with E-state index in [0.717, 1.165) is 23.0 Å². The highest BCUT2D eigenvalue weighted by molar-refractivity contribution is 5.99. The number of H-pyrrole nitrogens is 1. The molecule has 2 amide bonds. The molecule has 3 atom stereocenters. The maximum Gasteiger partial charge on any atom is 0.269 e. The van der Waals surface area contributed by atoms with E-state index in [2.05, 4.69) is 32.5 Å². The second-order valence-corrected chi connectivity index (χ2v) is 7.29. The summed E-state index contributed by atoms with van der Waals surface area (Å²) in [5.41, 5.74) is 2.61. The van der Waals surface area contributed by atoms with Crippen LogP contribution in [0.3, 0.4) is 0 Å². The number of amides is 2. The highest BCUT2D eigenvalue weighted by Crippen LogP contribution is 2.31. The predicted octanol–water partition coefficient (Wildman–Crippen LogP) is 2.19. The summed E-state index contributed by atoms with van der Waals surface area (Å²) in [6, 6.07) is 7.14. The Balaban J connectivity index is 1.78. The summed E-state index contributed by atoms with van der Waals surface area (Å²) in [4.78, 5) is 36.9. The number of carbonyl (C=O) groups excluding carboxylic acids is 2. The SMILES string of the molecule is CNC(=O)c1cc(C(=O)N[C@H]2C[C@@H]2C)cc([C@H](OC)c2ccnc3[nH]ccc23)n1. The molecular weight excluding hydrogens is 370 g/mol. The van der Waals surface area contributed by atoms with E-state index in [9.17, 15) is 9.59 Å². The predicted molar refractivity (Wildman–Crippen MR) is 108 cm³/mol. The van der Waals surface area contributed by atoms with Crippen LogP contribution in [0.15, 0.2) is 36.7 Å². The van der Waals surface area contributed by atoms with Gasteiger partial charge in [-0.15, -0.1) is 0 Å². The van der Waals surface area contributed by atoms with Crippen molar-refractivity contribution in [2.24, 2.45) is 5.92 Å². The summed E-state index contributed by atoms with van der Waals surface area (Å²) in [5.74, 6) is -0.106. The maximum atomic E-state index is 12.7. The van der Waals surface area contributed by atoms with E-state index >= 15 is 0 Å². The molecular formula is C21H23N5O3. The van der Waals surface area contributed by atoms with Gasteiger partial charge in [0.15, 0.2) is 0 Å². The minimum Gasteiger partial charge on any atom is -0.370 e. The molecule has 4 rings (SSSR count). The van der Waals surface area contributed by atoms with Crippen molar-refractivity contribution >= 4 is 22.8 Å². The average molecular weight is 393 g/mol. The van der Waals surface area contributed by atoms with Crippen molar-refractivity contribution < 1.29 is 14.3 Å². The molecule has 150 valence electrons. The van der Waals surface area contributed by atoms with Gasteiger partial charge in [-0.1, -0.05) is 6.92 Å². The molecule has 8 heteroatoms. The summed E-state index contributed by atoms with van der Waals surface area (Å²) in [6.07, 6.45) is 3.89. The average Bonchev–Trinajstić information content (AvgIpc) is 3.21. The van der Waals surface area contributed by atoms with E-state index in [1.165, 1.54) is 13.1 Å². The second kappa shape index (κ2) is 7.63. The highest BCUT2D eigenvalue weighted by atomic mass is 16.5. The summed E-state index contributed by atoms with van der Waals surface area (Å²) in [6.45, 7) is 2.09. The minimum atomic E-state index is -0.563. The zero-order chi connectivity index (χ0) is 20.5. The fourth-order valence-electron chi connectivity index (χ4n) is 3.45. The lowest BCUT2D eigenvalue weighted by Gasteiger charge is -2.18. The van der Waals surface area contributed by atoms with Gasteiger partial charge < -0.3 is 20.4 Å². The summed E-state index contributed by atoms with van der Waals surface area (Å²) < 4.78 is 5.75. The van der Waals surface area contributed by atoms with Crippen molar-refractivity contribution in [1.82, 2.24) is 25.6 Å². The summed E-state index contributed by atoms with van der Waals surface area (Å²) >= 11 is 0. The van der Waals surface area contributed by atoms with Gasteiger partial charge in [-0.2, -0.15) is 0 Å². The number of aromatic amines is 1. The molecule has 0 saturated heterocycles. The van der Waals surface area contributed by atoms with Crippen LogP contribution in [0.5, 0.6) is 0 Å². The van der Waals surface area contributed by atoms with Gasteiger partial charge in [0.1, 0.15) is 17.4 Å². The minimum absolute atomic E-state index is 0.167. The first-order chi connectivity index (χ1) is 14.0. The molecule has 8 nitrogen and oxygen atoms in total. The Morgan fingerprint density at radius 1 is 1.28 bits per heavy atom. The smallest absolute Gasteiger partial charge is 0.269 e. The van der Waals surface area contributed by atoms with Gasteiger partial charge >= 0.3 is 0 Å². The maximum absolute atomic E-state index is 12.7. The van der Waals surface area contributed by atoms with Gasteiger partial charge in [0.25, 0.3) is 11.8 Å². The lowest BCUT2D eigenvalue weighted by atomic mass is 10.0. The molecule has 1 fully saturated rings. The molecule has 1 aliphatic rings. The first-order valence-electron chi connectivity index (χ1n) is 9.51. The first kappa shape index (κ1) is 19.1. The van der Waals surface area contributed by atoms with Crippen LogP contribution in [0.4, 0.5) is 0 Å². The molecule has 0 aliphatic heterocycles. The zero-order valence-electron chi connectivity index (χ0n) is 16.5. The Morgan fingerprint density at radius 2 is 2.07 bits per heavy atom. The molecule has 29 heavy (non-hydrogen) atoms. The number of methoxy groups -OCH3 is 1. The van der Waals surface area contributed by atoms with Crippen molar-refractivity contribution in [2.75, 3.05) is 14.2 Å². The normalized spacial score (nSPS) is 19.0. The number of pyridine rings is 2. The molecule has 1 aliphatic carbocycles. The van der Waals surface area contributed by atoms with E-state index in [-0.39, 0.29) is 23.6 Å². The number of carbonyl (C=O) groups is 2. The fraction of sp³-hybridized carbons (Fsp3) is 0.333. The van der Waals surface area contributed by atoms with Crippen LogP contribution in [0, 0.1) is 5.92 Å². The molecule has 3 aromatic rings. The standard InChI is InChI=1S/C21H23N5O3/c1-11-8-15(11)26-20(27)12-9-16(25-17(10-12)21(28)22-2)18(29-3)13-4-6-23-19-14(13)5-7-24-19/h4-7,9-11,15,18H,8H2,1-3H3,(H,22,28)(H,23,24)(H,26,27)/t11-,15-,18+/m0/s1. The number of nitrogens with zero attached hydrogens (tertiary/aromatic N) is 2. The van der Waals surface area contributed by atoms with Gasteiger partial charge in [0, 0.05) is 43.5 Å². The number of rotatable bonds is 6. The highest BCUT2D eigenvalue weighted by Gasteiger charge is 2.34. The Kier molecular flexibility index (Phi) is 5.02. The Labute approximate surface area is 168 Å². The largest absolute Gasteiger partial charge is 0.370 e. The Hall–Kier alpha value is -3.26. The van der Waals surface area contributed by atoms with Gasteiger partial charge in [-0.25, -0.2) is 9.97 Å². The van der Waals surface area contributed by atoms with Crippen LogP contribution >= 0.6 is 0 Å². The van der Waals surface area contributed by atoms with E-state index in [1.54, 1.807) is 25.6 Å². The van der Waals surface area contributed by atoms with Crippen LogP contribution in [0.1, 0.15) is 51.6 Å². The molecule has 1 saturated carbocycles. The molecule has 0 unspecified atom stereocenters. The molecule has 0 radical (unpaired) electrons. The van der Waals surface area contributed by atoms with E-state index < -0.39 is 6.10 Å². The molecule has 3 N–H and O–H groups in total. The number of fused-ring (bicyclic) bond motifs is 1. The van der Waals surface area contributed by atoms with E-state index in [4.69, 9.17) is 4.74 Å². The third-order valence-electron chi connectivity index (χ3n) is 5.27. The Bertz CT molecular complexity index is 1080. The molecule has 0 bridgehead atoms. The number of ether oxygens (including phenoxy) is 1. The lowest BCUT2D eigenvalue weighted by Crippen LogP contribution is -2.28. The first-order valence-corrected chi connectivity index (χ1v) is 9.51. The summed E-state index contributed by atoms with van der Waals surface area (Å²) in [7, 11) is 3.10. The quantitative estimate of drug-likeness (QED) is 0.595. The van der Waals surface area contributed by atoms with Crippen LogP contribution in [0.25, 0.3) is 11.0 Å². The third-order valence-corrected chi connectivity index (χ3v) is 5.27. The van der Waals surface area contributed by atoms with Gasteiger partial charge in [-0.05, 0) is 42.2 Å². The summed E-state index contributed by atoms with van der Waals surface area (Å²) in [5, 5.41) is 6.46. The lowest BCUT2D eigenvalue weighted by molar-refractivity contribution is 0.0948. The second-order valence-electron chi connectivity index (χ2n) is 7.29. The van der Waals surface area contributed by atoms with E-state index in [1.807, 2.05) is 12.1 Å². The van der Waals surface area contributed by atoms with Crippen molar-refractivity contribution in [3.63, 3.8) is 0 Å². The monoisotopic (exact) mass is 393 g/mol. The number of hydrogen-bond donors (Lipinski definition) is 3. The van der Waals surface area contributed by atoms with Gasteiger partial charge in [-0.3, -0.25) is 9.59 Å². The third kappa shape index (κ3) is 3.71. The van der Waals surface area contributed by atoms with Gasteiger partial charge in [0.2, 0.25) is 0 Å². The molecule has 3 heterocycles. The van der Waals surface area contributed by atoms with Crippen LogP contribution in [-0.4, -0.2) is 47.0 Å². The van der Waals surface area contributed by atoms with Crippen LogP contribution < -0.4 is 10.6 Å². The molecule has 0 spiro atoms. The van der Waals surface area contributed by atoms with Crippen molar-refractivity contribution in [1.29, 1.82) is 0 Å². The molecule has 3 aromatic heterocycles. The number of aromatic nitrogens is 3. The van der Waals surface area contributed by atoms with Crippen LogP contribution in [-0.2, 0) is 4.74 Å². The van der Waals surface area contributed by atoms with E-state index in [0.29, 0.717) is 17.2 Å². The topological polar surface area (TPSA) is 109 Å². The van der Waals surface area contributed by atoms with Crippen LogP contribution in [0.2, 0.25) is 0 Å². The van der Waals surface area contributed by atoms with Crippen molar-refractivity contribution in [3.8, 4) is 0 Å². The number of nitrogens with one attached hydrogen (secondary N) is 3.